The Bertz CT molecular complexity index is 741. The van der Waals surface area contributed by atoms with Crippen molar-refractivity contribution in [2.45, 2.75) is 5.25 Å². The number of hydrogen-bond donors (Lipinski definition) is 1. The van der Waals surface area contributed by atoms with Crippen LogP contribution in [0, 0.1) is 21.7 Å². The van der Waals surface area contributed by atoms with Gasteiger partial charge >= 0.3 is 5.69 Å². The van der Waals surface area contributed by atoms with E-state index in [9.17, 15) is 23.7 Å². The van der Waals surface area contributed by atoms with E-state index < -0.39 is 39.1 Å². The van der Waals surface area contributed by atoms with Gasteiger partial charge in [-0.25, -0.2) is 4.39 Å². The fraction of sp³-hybridized carbons (Fsp3) is 0.133. The largest absolute Gasteiger partial charge is 0.322 e. The summed E-state index contributed by atoms with van der Waals surface area (Å²) in [5.74, 6) is -2.92. The number of rotatable bonds is 5. The quantitative estimate of drug-likeness (QED) is 0.662. The predicted octanol–water partition coefficient (Wildman–Crippen LogP) is 3.92. The first-order valence-electron chi connectivity index (χ1n) is 6.46. The summed E-state index contributed by atoms with van der Waals surface area (Å²) in [7, 11) is 0. The van der Waals surface area contributed by atoms with Gasteiger partial charge in [0.25, 0.3) is 0 Å². The molecular weight excluding hydrogens is 326 g/mol. The van der Waals surface area contributed by atoms with E-state index >= 15 is 0 Å². The maximum Gasteiger partial charge on any atom is 0.307 e. The Labute approximate surface area is 134 Å². The van der Waals surface area contributed by atoms with Gasteiger partial charge in [0.1, 0.15) is 11.1 Å². The van der Waals surface area contributed by atoms with Crippen LogP contribution >= 0.6 is 11.8 Å². The van der Waals surface area contributed by atoms with E-state index in [0.717, 1.165) is 0 Å². The fourth-order valence-corrected chi connectivity index (χ4v) is 2.70. The topological polar surface area (TPSA) is 72.2 Å². The number of carbonyl (C=O) groups is 1. The third-order valence-electron chi connectivity index (χ3n) is 3.07. The molecule has 0 bridgehead atoms. The third kappa shape index (κ3) is 3.84. The van der Waals surface area contributed by atoms with Crippen LogP contribution in [0.1, 0.15) is 10.8 Å². The first-order valence-corrected chi connectivity index (χ1v) is 7.75. The number of thioether (sulfide) groups is 1. The van der Waals surface area contributed by atoms with Gasteiger partial charge in [0.15, 0.2) is 0 Å². The molecular formula is C15H12F2N2O3S. The molecule has 1 atom stereocenters. The van der Waals surface area contributed by atoms with Gasteiger partial charge in [-0.1, -0.05) is 30.3 Å². The SMILES string of the molecule is CS[C@@H](C(=O)Nc1cc([N+](=O)[O-])c(F)cc1F)c1ccccc1. The Hall–Kier alpha value is -2.48. The zero-order chi connectivity index (χ0) is 17.0. The number of amides is 1. The minimum atomic E-state index is -1.30. The van der Waals surface area contributed by atoms with Crippen LogP contribution in [0.5, 0.6) is 0 Å². The molecule has 120 valence electrons. The Morgan fingerprint density at radius 3 is 2.43 bits per heavy atom. The minimum absolute atomic E-state index is 0.379. The number of benzene rings is 2. The summed E-state index contributed by atoms with van der Waals surface area (Å²) >= 11 is 1.23. The predicted molar refractivity (Wildman–Crippen MR) is 84.3 cm³/mol. The molecule has 1 N–H and O–H groups in total. The average Bonchev–Trinajstić information content (AvgIpc) is 2.51. The summed E-state index contributed by atoms with van der Waals surface area (Å²) in [5.41, 5.74) is -0.630. The number of carbonyl (C=O) groups excluding carboxylic acids is 1. The summed E-state index contributed by atoms with van der Waals surface area (Å²) in [6, 6.07) is 9.84. The Balaban J connectivity index is 2.29. The van der Waals surface area contributed by atoms with Crippen LogP contribution in [0.4, 0.5) is 20.2 Å². The molecule has 2 aromatic rings. The lowest BCUT2D eigenvalue weighted by atomic mass is 10.1. The van der Waals surface area contributed by atoms with Gasteiger partial charge in [0, 0.05) is 12.1 Å². The van der Waals surface area contributed by atoms with Crippen LogP contribution < -0.4 is 5.32 Å². The van der Waals surface area contributed by atoms with E-state index in [1.807, 2.05) is 0 Å². The molecule has 0 fully saturated rings. The maximum atomic E-state index is 13.7. The number of anilines is 1. The van der Waals surface area contributed by atoms with Crippen LogP contribution in [0.25, 0.3) is 0 Å². The summed E-state index contributed by atoms with van der Waals surface area (Å²) in [6.07, 6.45) is 1.71. The van der Waals surface area contributed by atoms with Crippen molar-refractivity contribution in [1.29, 1.82) is 0 Å². The van der Waals surface area contributed by atoms with E-state index in [1.165, 1.54) is 11.8 Å². The Morgan fingerprint density at radius 1 is 1.22 bits per heavy atom. The van der Waals surface area contributed by atoms with E-state index in [4.69, 9.17) is 0 Å². The highest BCUT2D eigenvalue weighted by Crippen LogP contribution is 2.30. The molecule has 0 heterocycles. The highest BCUT2D eigenvalue weighted by atomic mass is 32.2. The zero-order valence-corrected chi connectivity index (χ0v) is 12.8. The molecule has 8 heteroatoms. The van der Waals surface area contributed by atoms with Crippen LogP contribution in [-0.4, -0.2) is 17.1 Å². The summed E-state index contributed by atoms with van der Waals surface area (Å²) in [5, 5.41) is 12.4. The molecule has 0 radical (unpaired) electrons. The van der Waals surface area contributed by atoms with E-state index in [0.29, 0.717) is 17.7 Å². The van der Waals surface area contributed by atoms with Gasteiger partial charge in [-0.3, -0.25) is 14.9 Å². The molecule has 0 saturated carbocycles. The van der Waals surface area contributed by atoms with E-state index in [-0.39, 0.29) is 0 Å². The second kappa shape index (κ2) is 7.19. The number of hydrogen-bond acceptors (Lipinski definition) is 4. The van der Waals surface area contributed by atoms with Crippen molar-refractivity contribution in [3.63, 3.8) is 0 Å². The van der Waals surface area contributed by atoms with Gasteiger partial charge in [-0.05, 0) is 11.8 Å². The molecule has 0 aliphatic carbocycles. The zero-order valence-electron chi connectivity index (χ0n) is 12.0. The van der Waals surface area contributed by atoms with Crippen molar-refractivity contribution in [3.05, 3.63) is 69.8 Å². The molecule has 1 amide bonds. The number of halogens is 2. The lowest BCUT2D eigenvalue weighted by molar-refractivity contribution is -0.387. The molecule has 5 nitrogen and oxygen atoms in total. The van der Waals surface area contributed by atoms with Gasteiger partial charge < -0.3 is 5.32 Å². The molecule has 2 aromatic carbocycles. The highest BCUT2D eigenvalue weighted by Gasteiger charge is 2.23. The summed E-state index contributed by atoms with van der Waals surface area (Å²) < 4.78 is 27.0. The number of nitro benzene ring substituents is 1. The molecule has 0 spiro atoms. The van der Waals surface area contributed by atoms with Crippen molar-refractivity contribution in [3.8, 4) is 0 Å². The second-order valence-corrected chi connectivity index (χ2v) is 5.50. The Morgan fingerprint density at radius 2 is 1.87 bits per heavy atom. The molecule has 0 saturated heterocycles. The second-order valence-electron chi connectivity index (χ2n) is 4.56. The first kappa shape index (κ1) is 16.9. The number of nitrogens with one attached hydrogen (secondary N) is 1. The average molecular weight is 338 g/mol. The summed E-state index contributed by atoms with van der Waals surface area (Å²) in [6.45, 7) is 0. The first-order chi connectivity index (χ1) is 10.9. The van der Waals surface area contributed by atoms with E-state index in [1.54, 1.807) is 36.6 Å². The molecule has 0 unspecified atom stereocenters. The van der Waals surface area contributed by atoms with Gasteiger partial charge in [-0.2, -0.15) is 4.39 Å². The molecule has 0 aliphatic heterocycles. The molecule has 0 aromatic heterocycles. The number of nitro groups is 1. The van der Waals surface area contributed by atoms with Crippen LogP contribution in [0.3, 0.4) is 0 Å². The van der Waals surface area contributed by atoms with Crippen molar-refractivity contribution < 1.29 is 18.5 Å². The maximum absolute atomic E-state index is 13.7. The molecule has 2 rings (SSSR count). The van der Waals surface area contributed by atoms with Gasteiger partial charge in [0.05, 0.1) is 10.6 Å². The highest BCUT2D eigenvalue weighted by molar-refractivity contribution is 7.99. The molecule has 23 heavy (non-hydrogen) atoms. The normalized spacial score (nSPS) is 11.8. The lowest BCUT2D eigenvalue weighted by Gasteiger charge is -2.15. The van der Waals surface area contributed by atoms with Gasteiger partial charge in [0.2, 0.25) is 11.7 Å². The monoisotopic (exact) mass is 338 g/mol. The molecule has 0 aliphatic rings. The third-order valence-corrected chi connectivity index (χ3v) is 4.02. The van der Waals surface area contributed by atoms with E-state index in [2.05, 4.69) is 5.32 Å². The van der Waals surface area contributed by atoms with Crippen molar-refractivity contribution in [2.24, 2.45) is 0 Å². The fourth-order valence-electron chi connectivity index (χ4n) is 1.99. The van der Waals surface area contributed by atoms with Crippen molar-refractivity contribution >= 4 is 29.0 Å². The van der Waals surface area contributed by atoms with Crippen molar-refractivity contribution in [2.75, 3.05) is 11.6 Å². The van der Waals surface area contributed by atoms with Crippen LogP contribution in [-0.2, 0) is 4.79 Å². The number of nitrogens with zero attached hydrogens (tertiary/aromatic N) is 1. The van der Waals surface area contributed by atoms with Crippen LogP contribution in [0.15, 0.2) is 42.5 Å². The smallest absolute Gasteiger partial charge is 0.307 e. The minimum Gasteiger partial charge on any atom is -0.322 e. The van der Waals surface area contributed by atoms with Gasteiger partial charge in [-0.15, -0.1) is 11.8 Å². The summed E-state index contributed by atoms with van der Waals surface area (Å²) in [4.78, 5) is 22.0. The Kier molecular flexibility index (Phi) is 5.28. The van der Waals surface area contributed by atoms with Crippen molar-refractivity contribution in [1.82, 2.24) is 0 Å². The van der Waals surface area contributed by atoms with Crippen LogP contribution in [0.2, 0.25) is 0 Å². The standard InChI is InChI=1S/C15H12F2N2O3S/c1-23-14(9-5-3-2-4-6-9)15(20)18-12-8-13(19(21)22)11(17)7-10(12)16/h2-8,14H,1H3,(H,18,20)/t14-/m1/s1. The lowest BCUT2D eigenvalue weighted by Crippen LogP contribution is -2.19.